The lowest BCUT2D eigenvalue weighted by molar-refractivity contribution is -0.136. The Morgan fingerprint density at radius 3 is 2.53 bits per heavy atom. The van der Waals surface area contributed by atoms with Crippen molar-refractivity contribution in [2.24, 2.45) is 5.92 Å². The second kappa shape index (κ2) is 9.04. The quantitative estimate of drug-likeness (QED) is 0.546. The smallest absolute Gasteiger partial charge is 0.230 e. The van der Waals surface area contributed by atoms with Crippen LogP contribution < -0.4 is 9.80 Å². The maximum Gasteiger partial charge on any atom is 0.230 e. The summed E-state index contributed by atoms with van der Waals surface area (Å²) in [7, 11) is 0. The minimum absolute atomic E-state index is 0.0189. The second-order valence-corrected chi connectivity index (χ2v) is 10.1. The van der Waals surface area contributed by atoms with Crippen molar-refractivity contribution < 1.29 is 14.1 Å². The zero-order valence-electron chi connectivity index (χ0n) is 20.7. The van der Waals surface area contributed by atoms with Gasteiger partial charge in [-0.2, -0.15) is 4.98 Å². The van der Waals surface area contributed by atoms with E-state index in [0.717, 1.165) is 41.4 Å². The predicted octanol–water partition coefficient (Wildman–Crippen LogP) is 3.33. The summed E-state index contributed by atoms with van der Waals surface area (Å²) in [5.74, 6) is 2.39. The minimum Gasteiger partial charge on any atom is -0.353 e. The number of carbonyl (C=O) groups is 2. The van der Waals surface area contributed by atoms with Crippen LogP contribution in [0.5, 0.6) is 0 Å². The molecule has 1 atom stereocenters. The molecule has 1 unspecified atom stereocenters. The van der Waals surface area contributed by atoms with Gasteiger partial charge in [-0.25, -0.2) is 4.98 Å². The Bertz CT molecular complexity index is 1290. The van der Waals surface area contributed by atoms with Crippen LogP contribution in [-0.2, 0) is 9.59 Å². The van der Waals surface area contributed by atoms with Gasteiger partial charge >= 0.3 is 0 Å². The number of pyridine rings is 1. The van der Waals surface area contributed by atoms with Crippen LogP contribution in [0.25, 0.3) is 11.4 Å². The van der Waals surface area contributed by atoms with Crippen LogP contribution in [0.3, 0.4) is 0 Å². The molecule has 3 fully saturated rings. The molecule has 186 valence electrons. The number of benzene rings is 1. The Hall–Kier alpha value is -3.75. The Balaban J connectivity index is 1.05. The highest BCUT2D eigenvalue weighted by Gasteiger charge is 2.38. The van der Waals surface area contributed by atoms with E-state index < -0.39 is 0 Å². The number of rotatable bonds is 5. The summed E-state index contributed by atoms with van der Waals surface area (Å²) in [4.78, 5) is 40.9. The number of hydrogen-bond acceptors (Lipinski definition) is 7. The zero-order valence-corrected chi connectivity index (χ0v) is 20.7. The van der Waals surface area contributed by atoms with Crippen LogP contribution in [-0.4, -0.2) is 64.6 Å². The third-order valence-corrected chi connectivity index (χ3v) is 7.57. The fraction of sp³-hybridized carbons (Fsp3) is 0.444. The number of aryl methyl sites for hydroxylation is 2. The molecule has 1 aromatic carbocycles. The number of piperazine rings is 1. The average molecular weight is 487 g/mol. The van der Waals surface area contributed by atoms with Crippen LogP contribution in [0.1, 0.15) is 42.2 Å². The standard InChI is InChI=1S/C27H30N6O3/c1-17-3-7-22(13-18(17)2)33-16-21(14-24(33)34)27(35)32-11-9-31(10-12-32)23-8-6-20(15-28-23)25-29-26(36-30-25)19-4-5-19/h3,6-8,13,15,19,21H,4-5,9-12,14,16H2,1-2H3. The summed E-state index contributed by atoms with van der Waals surface area (Å²) >= 11 is 0. The summed E-state index contributed by atoms with van der Waals surface area (Å²) < 4.78 is 5.35. The highest BCUT2D eigenvalue weighted by atomic mass is 16.5. The van der Waals surface area contributed by atoms with E-state index in [1.165, 1.54) is 5.56 Å². The summed E-state index contributed by atoms with van der Waals surface area (Å²) in [5.41, 5.74) is 4.05. The molecular weight excluding hydrogens is 456 g/mol. The average Bonchev–Trinajstić information content (AvgIpc) is 3.50. The van der Waals surface area contributed by atoms with E-state index in [1.54, 1.807) is 11.1 Å². The van der Waals surface area contributed by atoms with Gasteiger partial charge in [0.25, 0.3) is 0 Å². The molecule has 1 aliphatic carbocycles. The van der Waals surface area contributed by atoms with Gasteiger partial charge in [0, 0.05) is 62.5 Å². The molecule has 3 aromatic rings. The van der Waals surface area contributed by atoms with Gasteiger partial charge in [0.15, 0.2) is 0 Å². The van der Waals surface area contributed by atoms with Crippen molar-refractivity contribution >= 4 is 23.3 Å². The van der Waals surface area contributed by atoms with Crippen molar-refractivity contribution in [3.8, 4) is 11.4 Å². The second-order valence-electron chi connectivity index (χ2n) is 10.1. The van der Waals surface area contributed by atoms with Crippen molar-refractivity contribution in [3.05, 3.63) is 53.5 Å². The number of amides is 2. The first-order valence-corrected chi connectivity index (χ1v) is 12.7. The Morgan fingerprint density at radius 2 is 1.83 bits per heavy atom. The number of nitrogens with zero attached hydrogens (tertiary/aromatic N) is 6. The first-order chi connectivity index (χ1) is 17.5. The van der Waals surface area contributed by atoms with Gasteiger partial charge < -0.3 is 19.2 Å². The van der Waals surface area contributed by atoms with E-state index in [9.17, 15) is 9.59 Å². The maximum atomic E-state index is 13.2. The van der Waals surface area contributed by atoms with Gasteiger partial charge in [0.2, 0.25) is 23.5 Å². The molecule has 4 heterocycles. The molecule has 1 saturated carbocycles. The van der Waals surface area contributed by atoms with Gasteiger partial charge in [-0.15, -0.1) is 0 Å². The molecule has 3 aliphatic rings. The van der Waals surface area contributed by atoms with E-state index in [0.29, 0.717) is 44.5 Å². The van der Waals surface area contributed by atoms with Gasteiger partial charge in [-0.1, -0.05) is 11.2 Å². The number of aromatic nitrogens is 3. The van der Waals surface area contributed by atoms with Gasteiger partial charge in [0.05, 0.1) is 5.92 Å². The number of carbonyl (C=O) groups excluding carboxylic acids is 2. The Morgan fingerprint density at radius 1 is 1.03 bits per heavy atom. The van der Waals surface area contributed by atoms with Crippen LogP contribution in [0.4, 0.5) is 11.5 Å². The van der Waals surface area contributed by atoms with Crippen molar-refractivity contribution in [3.63, 3.8) is 0 Å². The topological polar surface area (TPSA) is 95.7 Å². The molecule has 6 rings (SSSR count). The molecule has 36 heavy (non-hydrogen) atoms. The van der Waals surface area contributed by atoms with E-state index in [1.807, 2.05) is 42.2 Å². The fourth-order valence-corrected chi connectivity index (χ4v) is 4.98. The first kappa shape index (κ1) is 22.7. The molecule has 2 saturated heterocycles. The zero-order chi connectivity index (χ0) is 24.8. The fourth-order valence-electron chi connectivity index (χ4n) is 4.98. The monoisotopic (exact) mass is 486 g/mol. The Kier molecular flexibility index (Phi) is 5.70. The molecule has 9 heteroatoms. The Labute approximate surface area is 210 Å². The number of anilines is 2. The molecule has 0 spiro atoms. The highest BCUT2D eigenvalue weighted by molar-refractivity contribution is 6.00. The predicted molar refractivity (Wildman–Crippen MR) is 135 cm³/mol. The molecule has 0 N–H and O–H groups in total. The van der Waals surface area contributed by atoms with Crippen LogP contribution in [0.2, 0.25) is 0 Å². The third-order valence-electron chi connectivity index (χ3n) is 7.57. The van der Waals surface area contributed by atoms with Crippen molar-refractivity contribution in [2.45, 2.75) is 39.0 Å². The van der Waals surface area contributed by atoms with E-state index >= 15 is 0 Å². The van der Waals surface area contributed by atoms with Crippen molar-refractivity contribution in [1.29, 1.82) is 0 Å². The van der Waals surface area contributed by atoms with Crippen LogP contribution >= 0.6 is 0 Å². The van der Waals surface area contributed by atoms with E-state index in [4.69, 9.17) is 4.52 Å². The molecule has 2 aliphatic heterocycles. The molecule has 0 bridgehead atoms. The largest absolute Gasteiger partial charge is 0.353 e. The summed E-state index contributed by atoms with van der Waals surface area (Å²) in [6.45, 7) is 7.18. The lowest BCUT2D eigenvalue weighted by atomic mass is 10.1. The lowest BCUT2D eigenvalue weighted by Gasteiger charge is -2.36. The minimum atomic E-state index is -0.293. The maximum absolute atomic E-state index is 13.2. The van der Waals surface area contributed by atoms with Crippen molar-refractivity contribution in [1.82, 2.24) is 20.0 Å². The third kappa shape index (κ3) is 4.34. The molecule has 9 nitrogen and oxygen atoms in total. The van der Waals surface area contributed by atoms with Gasteiger partial charge in [0.1, 0.15) is 5.82 Å². The molecular formula is C27H30N6O3. The molecule has 0 radical (unpaired) electrons. The number of hydrogen-bond donors (Lipinski definition) is 0. The lowest BCUT2D eigenvalue weighted by Crippen LogP contribution is -2.51. The van der Waals surface area contributed by atoms with E-state index in [2.05, 4.69) is 26.9 Å². The van der Waals surface area contributed by atoms with Gasteiger partial charge in [-0.05, 0) is 62.1 Å². The van der Waals surface area contributed by atoms with Crippen LogP contribution in [0, 0.1) is 19.8 Å². The molecule has 2 amide bonds. The first-order valence-electron chi connectivity index (χ1n) is 12.7. The molecule has 2 aromatic heterocycles. The highest BCUT2D eigenvalue weighted by Crippen LogP contribution is 2.39. The summed E-state index contributed by atoms with van der Waals surface area (Å²) in [5, 5.41) is 4.08. The summed E-state index contributed by atoms with van der Waals surface area (Å²) in [6.07, 6.45) is 4.29. The van der Waals surface area contributed by atoms with Crippen molar-refractivity contribution in [2.75, 3.05) is 42.5 Å². The summed E-state index contributed by atoms with van der Waals surface area (Å²) in [6, 6.07) is 9.96. The van der Waals surface area contributed by atoms with E-state index in [-0.39, 0.29) is 24.2 Å². The van der Waals surface area contributed by atoms with Gasteiger partial charge in [-0.3, -0.25) is 9.59 Å². The SMILES string of the molecule is Cc1ccc(N2CC(C(=O)N3CCN(c4ccc(-c5noc(C6CC6)n5)cn4)CC3)CC2=O)cc1C. The normalized spacial score (nSPS) is 20.3. The van der Waals surface area contributed by atoms with Crippen LogP contribution in [0.15, 0.2) is 41.1 Å².